The van der Waals surface area contributed by atoms with Crippen molar-refractivity contribution < 1.29 is 65.8 Å². The molecule has 1 saturated heterocycles. The van der Waals surface area contributed by atoms with Crippen LogP contribution < -0.4 is 5.73 Å². The fraction of sp³-hybridized carbons (Fsp3) is 0.217. The van der Waals surface area contributed by atoms with E-state index in [4.69, 9.17) is 25.0 Å². The number of aliphatic hydroxyl groups excluding tert-OH is 1. The molecule has 2 aromatic heterocycles. The van der Waals surface area contributed by atoms with Crippen LogP contribution in [0.5, 0.6) is 0 Å². The van der Waals surface area contributed by atoms with Gasteiger partial charge in [0, 0.05) is 0 Å². The van der Waals surface area contributed by atoms with Gasteiger partial charge < -0.3 is 39.9 Å². The summed E-state index contributed by atoms with van der Waals surface area (Å²) in [5.41, 5.74) is 7.95. The van der Waals surface area contributed by atoms with Crippen LogP contribution in [0, 0.1) is 0 Å². The number of nitrogens with zero attached hydrogens (tertiary/aromatic N) is 4. The number of hydrogen-bond donors (Lipinski definition) is 6. The normalized spacial score (nSPS) is 23.0. The minimum Gasteiger partial charge on any atom is -0.451 e. The van der Waals surface area contributed by atoms with Crippen LogP contribution in [0.15, 0.2) is 67.3 Å². The molecule has 1 aliphatic heterocycles. The van der Waals surface area contributed by atoms with Crippen molar-refractivity contribution in [2.45, 2.75) is 24.5 Å². The Kier molecular flexibility index (Phi) is 9.35. The van der Waals surface area contributed by atoms with E-state index in [0.717, 1.165) is 17.5 Å². The second-order valence-electron chi connectivity index (χ2n) is 9.34. The quantitative estimate of drug-likeness (QED) is 0.0969. The molecule has 0 radical (unpaired) electrons. The van der Waals surface area contributed by atoms with Gasteiger partial charge >= 0.3 is 29.4 Å². The Hall–Kier alpha value is -3.41. The molecule has 0 aliphatic carbocycles. The van der Waals surface area contributed by atoms with Gasteiger partial charge in [-0.05, 0) is 23.3 Å². The van der Waals surface area contributed by atoms with Gasteiger partial charge in [0.1, 0.15) is 24.1 Å². The molecular formula is C23H24N5O14P3. The summed E-state index contributed by atoms with van der Waals surface area (Å²) in [4.78, 5) is 61.9. The van der Waals surface area contributed by atoms with Gasteiger partial charge in [-0.25, -0.2) is 33.4 Å². The zero-order valence-electron chi connectivity index (χ0n) is 22.5. The number of phosphoric ester groups is 1. The number of aliphatic hydroxyl groups is 1. The van der Waals surface area contributed by atoms with E-state index in [1.807, 2.05) is 30.3 Å². The monoisotopic (exact) mass is 687 g/mol. The van der Waals surface area contributed by atoms with Crippen molar-refractivity contribution in [2.24, 2.45) is 0 Å². The summed E-state index contributed by atoms with van der Waals surface area (Å²) in [6, 6.07) is 15.8. The van der Waals surface area contributed by atoms with Crippen LogP contribution in [0.3, 0.4) is 0 Å². The number of imidazole rings is 1. The van der Waals surface area contributed by atoms with Gasteiger partial charge in [0.05, 0.1) is 18.5 Å². The standard InChI is InChI=1S/C23H24N5O14P3/c24-20-17-21(26-11-25-20)28(12-27-17)22-19(40-23(30)15-8-6-14(7-9-15)13-4-2-1-3-5-13)18(29)16(39-22)10-38-44(34,35)42-45(36,37)41-43(31,32)33/h1-9,11-12,16,18-19,22,29H,10H2,(H,34,35)(H,36,37)(H2,24,25,26)(H2,31,32,33)/t16-,18-,19-,22-/m1/s1. The molecule has 19 nitrogen and oxygen atoms in total. The molecule has 0 bridgehead atoms. The van der Waals surface area contributed by atoms with Gasteiger partial charge in [0.2, 0.25) is 0 Å². The Bertz CT molecular complexity index is 1840. The molecular weight excluding hydrogens is 663 g/mol. The molecule has 1 aliphatic rings. The zero-order chi connectivity index (χ0) is 32.6. The lowest BCUT2D eigenvalue weighted by molar-refractivity contribution is -0.0558. The molecule has 6 atom stereocenters. The minimum atomic E-state index is -5.80. The van der Waals surface area contributed by atoms with Crippen molar-refractivity contribution in [1.29, 1.82) is 0 Å². The van der Waals surface area contributed by atoms with Crippen LogP contribution in [-0.4, -0.2) is 75.1 Å². The number of fused-ring (bicyclic) bond motifs is 1. The molecule has 5 rings (SSSR count). The van der Waals surface area contributed by atoms with E-state index in [9.17, 15) is 33.4 Å². The Morgan fingerprint density at radius 3 is 2.24 bits per heavy atom. The molecule has 2 aromatic carbocycles. The average molecular weight is 687 g/mol. The molecule has 1 fully saturated rings. The smallest absolute Gasteiger partial charge is 0.451 e. The van der Waals surface area contributed by atoms with Crippen LogP contribution in [0.1, 0.15) is 16.6 Å². The summed E-state index contributed by atoms with van der Waals surface area (Å²) < 4.78 is 59.5. The number of hydrogen-bond acceptors (Lipinski definition) is 14. The van der Waals surface area contributed by atoms with Crippen molar-refractivity contribution in [2.75, 3.05) is 12.3 Å². The lowest BCUT2D eigenvalue weighted by Crippen LogP contribution is -2.37. The third-order valence-corrected chi connectivity index (χ3v) is 10.1. The van der Waals surface area contributed by atoms with E-state index in [0.29, 0.717) is 0 Å². The number of phosphoric acid groups is 3. The first kappa shape index (κ1) is 33.0. The van der Waals surface area contributed by atoms with Crippen molar-refractivity contribution >= 4 is 46.4 Å². The second-order valence-corrected chi connectivity index (χ2v) is 13.8. The number of carbonyl (C=O) groups excluding carboxylic acids is 1. The fourth-order valence-corrected chi connectivity index (χ4v) is 7.38. The highest BCUT2D eigenvalue weighted by Crippen LogP contribution is 2.66. The van der Waals surface area contributed by atoms with Gasteiger partial charge in [-0.15, -0.1) is 0 Å². The van der Waals surface area contributed by atoms with Crippen LogP contribution in [0.25, 0.3) is 22.3 Å². The summed E-state index contributed by atoms with van der Waals surface area (Å²) in [7, 11) is -17.0. The number of rotatable bonds is 11. The lowest BCUT2D eigenvalue weighted by Gasteiger charge is -2.22. The predicted octanol–water partition coefficient (Wildman–Crippen LogP) is 1.90. The highest BCUT2D eigenvalue weighted by atomic mass is 31.3. The topological polar surface area (TPSA) is 285 Å². The molecule has 7 N–H and O–H groups in total. The van der Waals surface area contributed by atoms with Crippen molar-refractivity contribution in [3.05, 3.63) is 72.8 Å². The molecule has 3 heterocycles. The number of nitrogen functional groups attached to an aromatic ring is 1. The molecule has 4 aromatic rings. The van der Waals surface area contributed by atoms with E-state index in [1.54, 1.807) is 12.1 Å². The van der Waals surface area contributed by atoms with Crippen LogP contribution in [-0.2, 0) is 36.3 Å². The fourth-order valence-electron chi connectivity index (χ4n) is 4.36. The zero-order valence-corrected chi connectivity index (χ0v) is 25.2. The maximum atomic E-state index is 13.2. The summed E-state index contributed by atoms with van der Waals surface area (Å²) >= 11 is 0. The Labute approximate surface area is 252 Å². The molecule has 22 heteroatoms. The van der Waals surface area contributed by atoms with Crippen molar-refractivity contribution in [3.8, 4) is 11.1 Å². The number of carbonyl (C=O) groups is 1. The number of ether oxygens (including phenoxy) is 2. The number of benzene rings is 2. The maximum Gasteiger partial charge on any atom is 0.490 e. The minimum absolute atomic E-state index is 0.00792. The van der Waals surface area contributed by atoms with E-state index < -0.39 is 60.6 Å². The maximum absolute atomic E-state index is 13.2. The number of anilines is 1. The van der Waals surface area contributed by atoms with Gasteiger partial charge in [-0.3, -0.25) is 9.09 Å². The van der Waals surface area contributed by atoms with Crippen LogP contribution >= 0.6 is 23.5 Å². The van der Waals surface area contributed by atoms with Gasteiger partial charge in [0.25, 0.3) is 0 Å². The highest BCUT2D eigenvalue weighted by molar-refractivity contribution is 7.66. The molecule has 45 heavy (non-hydrogen) atoms. The van der Waals surface area contributed by atoms with Gasteiger partial charge in [0.15, 0.2) is 23.8 Å². The SMILES string of the molecule is Nc1ncnc2c1ncn2[C@@H]1O[C@H](COP(=O)(O)OP(=O)(O)OP(=O)(O)O)[C@@H](O)[C@H]1OC(=O)c1ccc(-c2ccccc2)cc1. The molecule has 2 unspecified atom stereocenters. The third-order valence-electron chi connectivity index (χ3n) is 6.26. The summed E-state index contributed by atoms with van der Waals surface area (Å²) in [6.45, 7) is -1.02. The average Bonchev–Trinajstić information content (AvgIpc) is 3.52. The Morgan fingerprint density at radius 2 is 1.58 bits per heavy atom. The van der Waals surface area contributed by atoms with E-state index >= 15 is 0 Å². The molecule has 240 valence electrons. The predicted molar refractivity (Wildman–Crippen MR) is 151 cm³/mol. The lowest BCUT2D eigenvalue weighted by atomic mass is 10.0. The molecule has 0 amide bonds. The third kappa shape index (κ3) is 7.88. The first-order valence-corrected chi connectivity index (χ1v) is 17.1. The van der Waals surface area contributed by atoms with Crippen molar-refractivity contribution in [1.82, 2.24) is 19.5 Å². The first-order chi connectivity index (χ1) is 21.1. The molecule has 0 saturated carbocycles. The molecule has 0 spiro atoms. The summed E-state index contributed by atoms with van der Waals surface area (Å²) in [5.74, 6) is -0.868. The van der Waals surface area contributed by atoms with Crippen molar-refractivity contribution in [3.63, 3.8) is 0 Å². The van der Waals surface area contributed by atoms with Gasteiger partial charge in [-0.1, -0.05) is 42.5 Å². The number of nitrogens with two attached hydrogens (primary N) is 1. The van der Waals surface area contributed by atoms with Gasteiger partial charge in [-0.2, -0.15) is 8.62 Å². The van der Waals surface area contributed by atoms with E-state index in [-0.39, 0.29) is 22.5 Å². The number of esters is 1. The number of aromatic nitrogens is 4. The second kappa shape index (κ2) is 12.8. The first-order valence-electron chi connectivity index (χ1n) is 12.5. The highest BCUT2D eigenvalue weighted by Gasteiger charge is 2.49. The van der Waals surface area contributed by atoms with Crippen LogP contribution in [0.4, 0.5) is 5.82 Å². The van der Waals surface area contributed by atoms with Crippen LogP contribution in [0.2, 0.25) is 0 Å². The summed E-state index contributed by atoms with van der Waals surface area (Å²) in [6.07, 6.45) is -3.87. The Balaban J connectivity index is 1.37. The van der Waals surface area contributed by atoms with E-state index in [1.165, 1.54) is 23.0 Å². The van der Waals surface area contributed by atoms with E-state index in [2.05, 4.69) is 28.1 Å². The summed E-state index contributed by atoms with van der Waals surface area (Å²) in [5, 5.41) is 11.1. The Morgan fingerprint density at radius 1 is 0.911 bits per heavy atom. The largest absolute Gasteiger partial charge is 0.490 e.